The standard InChI is InChI=1S/C14H16N2O4/c1-14(2,3)20-13(18)16-6-5-10-11(16)7-9(8-15-10)12(17)19-4/h5-8H,1-4H3. The molecule has 106 valence electrons. The van der Waals surface area contributed by atoms with Crippen LogP contribution in [0.15, 0.2) is 24.5 Å². The number of fused-ring (bicyclic) bond motifs is 1. The minimum atomic E-state index is -0.596. The van der Waals surface area contributed by atoms with Gasteiger partial charge in [0.15, 0.2) is 0 Å². The van der Waals surface area contributed by atoms with E-state index in [1.807, 2.05) is 0 Å². The molecule has 0 bridgehead atoms. The van der Waals surface area contributed by atoms with E-state index in [1.165, 1.54) is 17.9 Å². The fraction of sp³-hybridized carbons (Fsp3) is 0.357. The molecule has 2 aromatic heterocycles. The number of hydrogen-bond donors (Lipinski definition) is 0. The van der Waals surface area contributed by atoms with Crippen LogP contribution in [0.3, 0.4) is 0 Å². The van der Waals surface area contributed by atoms with Gasteiger partial charge in [-0.1, -0.05) is 0 Å². The van der Waals surface area contributed by atoms with E-state index in [9.17, 15) is 9.59 Å². The summed E-state index contributed by atoms with van der Waals surface area (Å²) in [6.07, 6.45) is 2.46. The molecular weight excluding hydrogens is 260 g/mol. The van der Waals surface area contributed by atoms with Crippen molar-refractivity contribution < 1.29 is 19.1 Å². The number of methoxy groups -OCH3 is 1. The molecule has 20 heavy (non-hydrogen) atoms. The first-order valence-corrected chi connectivity index (χ1v) is 6.10. The highest BCUT2D eigenvalue weighted by atomic mass is 16.6. The lowest BCUT2D eigenvalue weighted by Crippen LogP contribution is -2.26. The van der Waals surface area contributed by atoms with Gasteiger partial charge in [-0.05, 0) is 32.9 Å². The Hall–Kier alpha value is -2.37. The number of pyridine rings is 1. The largest absolute Gasteiger partial charge is 0.465 e. The zero-order valence-corrected chi connectivity index (χ0v) is 11.8. The van der Waals surface area contributed by atoms with E-state index < -0.39 is 17.7 Å². The molecule has 6 nitrogen and oxygen atoms in total. The van der Waals surface area contributed by atoms with Gasteiger partial charge in [-0.15, -0.1) is 0 Å². The average molecular weight is 276 g/mol. The number of nitrogens with zero attached hydrogens (tertiary/aromatic N) is 2. The molecule has 0 atom stereocenters. The van der Waals surface area contributed by atoms with E-state index >= 15 is 0 Å². The third-order valence-corrected chi connectivity index (χ3v) is 2.55. The molecule has 0 aliphatic heterocycles. The summed E-state index contributed by atoms with van der Waals surface area (Å²) in [6, 6.07) is 3.23. The lowest BCUT2D eigenvalue weighted by molar-refractivity contribution is 0.0541. The highest BCUT2D eigenvalue weighted by Gasteiger charge is 2.20. The summed E-state index contributed by atoms with van der Waals surface area (Å²) in [7, 11) is 1.29. The third kappa shape index (κ3) is 2.79. The second kappa shape index (κ2) is 4.96. The van der Waals surface area contributed by atoms with Crippen LogP contribution >= 0.6 is 0 Å². The van der Waals surface area contributed by atoms with Crippen LogP contribution < -0.4 is 0 Å². The van der Waals surface area contributed by atoms with Gasteiger partial charge >= 0.3 is 12.1 Å². The molecule has 0 aromatic carbocycles. The first-order chi connectivity index (χ1) is 9.31. The van der Waals surface area contributed by atoms with E-state index in [0.29, 0.717) is 11.0 Å². The summed E-state index contributed by atoms with van der Waals surface area (Å²) in [4.78, 5) is 27.7. The Labute approximate surface area is 116 Å². The molecule has 0 aliphatic rings. The minimum absolute atomic E-state index is 0.281. The molecule has 0 aliphatic carbocycles. The van der Waals surface area contributed by atoms with Crippen LogP contribution in [0.4, 0.5) is 4.79 Å². The Morgan fingerprint density at radius 2 is 2.00 bits per heavy atom. The molecule has 6 heteroatoms. The lowest BCUT2D eigenvalue weighted by atomic mass is 10.2. The van der Waals surface area contributed by atoms with E-state index in [2.05, 4.69) is 9.72 Å². The van der Waals surface area contributed by atoms with Crippen LogP contribution in [0, 0.1) is 0 Å². The first kappa shape index (κ1) is 14.0. The molecule has 0 unspecified atom stereocenters. The zero-order chi connectivity index (χ0) is 14.9. The van der Waals surface area contributed by atoms with E-state index in [0.717, 1.165) is 0 Å². The molecule has 2 rings (SSSR count). The number of esters is 1. The molecular formula is C14H16N2O4. The van der Waals surface area contributed by atoms with Gasteiger partial charge in [0.1, 0.15) is 5.60 Å². The average Bonchev–Trinajstić information content (AvgIpc) is 2.78. The zero-order valence-electron chi connectivity index (χ0n) is 11.8. The quantitative estimate of drug-likeness (QED) is 0.749. The van der Waals surface area contributed by atoms with Crippen LogP contribution in [0.1, 0.15) is 31.1 Å². The molecule has 2 heterocycles. The summed E-state index contributed by atoms with van der Waals surface area (Å²) in [5.74, 6) is -0.503. The Kier molecular flexibility index (Phi) is 3.48. The lowest BCUT2D eigenvalue weighted by Gasteiger charge is -2.19. The van der Waals surface area contributed by atoms with Crippen molar-refractivity contribution in [1.29, 1.82) is 0 Å². The fourth-order valence-corrected chi connectivity index (χ4v) is 1.71. The van der Waals surface area contributed by atoms with Gasteiger partial charge in [0.25, 0.3) is 0 Å². The Bertz CT molecular complexity index is 667. The molecule has 0 fully saturated rings. The van der Waals surface area contributed by atoms with Gasteiger partial charge in [0.2, 0.25) is 0 Å². The number of carbonyl (C=O) groups excluding carboxylic acids is 2. The van der Waals surface area contributed by atoms with E-state index in [1.54, 1.807) is 39.1 Å². The summed E-state index contributed by atoms with van der Waals surface area (Å²) in [5, 5.41) is 0. The van der Waals surface area contributed by atoms with Gasteiger partial charge in [-0.3, -0.25) is 9.55 Å². The van der Waals surface area contributed by atoms with Crippen molar-refractivity contribution in [1.82, 2.24) is 9.55 Å². The number of hydrogen-bond acceptors (Lipinski definition) is 5. The Morgan fingerprint density at radius 3 is 2.60 bits per heavy atom. The molecule has 0 amide bonds. The monoisotopic (exact) mass is 276 g/mol. The topological polar surface area (TPSA) is 70.4 Å². The summed E-state index contributed by atoms with van der Waals surface area (Å²) < 4.78 is 11.3. The van der Waals surface area contributed by atoms with Crippen molar-refractivity contribution in [3.8, 4) is 0 Å². The second-order valence-electron chi connectivity index (χ2n) is 5.29. The molecule has 0 N–H and O–H groups in total. The predicted molar refractivity (Wildman–Crippen MR) is 72.7 cm³/mol. The normalized spacial score (nSPS) is 11.4. The van der Waals surface area contributed by atoms with Crippen molar-refractivity contribution >= 4 is 23.1 Å². The van der Waals surface area contributed by atoms with Crippen LogP contribution in [0.5, 0.6) is 0 Å². The number of rotatable bonds is 1. The highest BCUT2D eigenvalue weighted by molar-refractivity contribution is 5.95. The van der Waals surface area contributed by atoms with Gasteiger partial charge in [-0.2, -0.15) is 0 Å². The van der Waals surface area contributed by atoms with Crippen LogP contribution in [-0.2, 0) is 9.47 Å². The van der Waals surface area contributed by atoms with E-state index in [4.69, 9.17) is 4.74 Å². The fourth-order valence-electron chi connectivity index (χ4n) is 1.71. The summed E-state index contributed by atoms with van der Waals surface area (Å²) in [6.45, 7) is 5.36. The van der Waals surface area contributed by atoms with Crippen molar-refractivity contribution in [2.75, 3.05) is 7.11 Å². The van der Waals surface area contributed by atoms with E-state index in [-0.39, 0.29) is 5.56 Å². The van der Waals surface area contributed by atoms with Crippen LogP contribution in [0.2, 0.25) is 0 Å². The highest BCUT2D eigenvalue weighted by Crippen LogP contribution is 2.18. The molecule has 0 saturated heterocycles. The second-order valence-corrected chi connectivity index (χ2v) is 5.29. The SMILES string of the molecule is COC(=O)c1cnc2ccn(C(=O)OC(C)(C)C)c2c1. The first-order valence-electron chi connectivity index (χ1n) is 6.10. The Morgan fingerprint density at radius 1 is 1.30 bits per heavy atom. The smallest absolute Gasteiger partial charge is 0.419 e. The Balaban J connectivity index is 2.44. The maximum atomic E-state index is 12.1. The van der Waals surface area contributed by atoms with Crippen molar-refractivity contribution in [3.05, 3.63) is 30.1 Å². The van der Waals surface area contributed by atoms with Crippen molar-refractivity contribution in [2.24, 2.45) is 0 Å². The van der Waals surface area contributed by atoms with Crippen LogP contribution in [-0.4, -0.2) is 34.3 Å². The number of ether oxygens (including phenoxy) is 2. The van der Waals surface area contributed by atoms with Gasteiger partial charge < -0.3 is 9.47 Å². The molecule has 2 aromatic rings. The van der Waals surface area contributed by atoms with Gasteiger partial charge in [-0.25, -0.2) is 9.59 Å². The van der Waals surface area contributed by atoms with Crippen LogP contribution in [0.25, 0.3) is 11.0 Å². The maximum Gasteiger partial charge on any atom is 0.419 e. The minimum Gasteiger partial charge on any atom is -0.465 e. The summed E-state index contributed by atoms with van der Waals surface area (Å²) in [5.41, 5.74) is 0.787. The number of carbonyl (C=O) groups is 2. The van der Waals surface area contributed by atoms with Crippen molar-refractivity contribution in [3.63, 3.8) is 0 Å². The van der Waals surface area contributed by atoms with Crippen molar-refractivity contribution in [2.45, 2.75) is 26.4 Å². The maximum absolute atomic E-state index is 12.1. The summed E-state index contributed by atoms with van der Waals surface area (Å²) >= 11 is 0. The van der Waals surface area contributed by atoms with Gasteiger partial charge in [0.05, 0.1) is 23.7 Å². The third-order valence-electron chi connectivity index (χ3n) is 2.55. The number of aromatic nitrogens is 2. The molecule has 0 spiro atoms. The molecule has 0 radical (unpaired) electrons. The predicted octanol–water partition coefficient (Wildman–Crippen LogP) is 2.61. The van der Waals surface area contributed by atoms with Gasteiger partial charge in [0, 0.05) is 12.4 Å². The molecule has 0 saturated carbocycles.